The van der Waals surface area contributed by atoms with Crippen LogP contribution in [0.1, 0.15) is 118 Å². The highest BCUT2D eigenvalue weighted by Crippen LogP contribution is 2.20. The number of H-pyrrole nitrogens is 1. The summed E-state index contributed by atoms with van der Waals surface area (Å²) in [6.45, 7) is 10.3. The predicted octanol–water partition coefficient (Wildman–Crippen LogP) is -3.32. The van der Waals surface area contributed by atoms with Gasteiger partial charge in [-0.25, -0.2) is 0 Å². The lowest BCUT2D eigenvalue weighted by atomic mass is 10.00. The molecular weight excluding hydrogens is 1110 g/mol. The number of aromatic nitrogens is 1. The molecule has 2 aromatic rings. The molecule has 0 aliphatic carbocycles. The van der Waals surface area contributed by atoms with E-state index in [-0.39, 0.29) is 81.7 Å². The minimum Gasteiger partial charge on any atom is -0.481 e. The number of aliphatic imine (C=N–C) groups is 1. The number of carbonyl (C=O) groups excluding carboxylic acids is 9. The van der Waals surface area contributed by atoms with Crippen LogP contribution in [0.2, 0.25) is 0 Å². The zero-order chi connectivity index (χ0) is 64.1. The van der Waals surface area contributed by atoms with Gasteiger partial charge in [0.05, 0.1) is 18.8 Å². The number of hydrogen-bond acceptors (Lipinski definition) is 16. The number of aromatic amines is 1. The Morgan fingerprint density at radius 1 is 0.553 bits per heavy atom. The van der Waals surface area contributed by atoms with Gasteiger partial charge in [-0.15, -0.1) is 0 Å². The van der Waals surface area contributed by atoms with Crippen molar-refractivity contribution in [2.45, 2.75) is 180 Å². The van der Waals surface area contributed by atoms with Crippen LogP contribution >= 0.6 is 0 Å². The van der Waals surface area contributed by atoms with Crippen LogP contribution in [0.25, 0.3) is 10.9 Å². The number of carbonyl (C=O) groups is 11. The Hall–Kier alpha value is -7.96. The molecule has 85 heavy (non-hydrogen) atoms. The highest BCUT2D eigenvalue weighted by Gasteiger charge is 2.37. The largest absolute Gasteiger partial charge is 0.481 e. The van der Waals surface area contributed by atoms with Gasteiger partial charge in [-0.3, -0.25) is 57.7 Å². The second-order valence-corrected chi connectivity index (χ2v) is 22.2. The molecule has 30 nitrogen and oxygen atoms in total. The molecule has 0 saturated carbocycles. The van der Waals surface area contributed by atoms with Crippen LogP contribution in [0.4, 0.5) is 0 Å². The lowest BCUT2D eigenvalue weighted by Crippen LogP contribution is -2.62. The standard InChI is InChI=1S/C55H91N15O15/c1-28(2)21-34(57)46(77)66-40(23-30(5)6)52(83)70-45(31(7)72)54(85)65-38(17-18-43(73)74)50(81)63-36(15-10-11-19-56)49(80)69-42(27-71)53(84)64-37(16-12-20-60-55(58)59)48(79)68-41(24-32-25-61-35-14-9-8-13-33(32)35)51(82)67-39(22-29(3)4)47(78)62-26-44(75)76/h8-9,13-14,25,28-31,34,36-42,45,61,71-72H,10-12,15-24,26-27,56-57H2,1-7H3,(H,62,78)(H,63,81)(H,64,84)(H,65,85)(H,66,77)(H,67,82)(H,68,79)(H,69,80)(H,70,83)(H,73,74)(H,75,76)(H4,58,59,60)/t31-,34+,36+,37+,38+,39+,40+,41+,42+,45+/m1/s1. The molecule has 30 heteroatoms. The number of carboxylic acids is 2. The molecule has 1 heterocycles. The van der Waals surface area contributed by atoms with Crippen molar-refractivity contribution in [2.75, 3.05) is 26.2 Å². The van der Waals surface area contributed by atoms with E-state index in [1.807, 2.05) is 13.8 Å². The minimum atomic E-state index is -1.82. The Morgan fingerprint density at radius 3 is 1.55 bits per heavy atom. The van der Waals surface area contributed by atoms with Crippen molar-refractivity contribution in [2.24, 2.45) is 45.7 Å². The predicted molar refractivity (Wildman–Crippen MR) is 313 cm³/mol. The Kier molecular flexibility index (Phi) is 32.2. The number of nitrogens with zero attached hydrogens (tertiary/aromatic N) is 1. The smallest absolute Gasteiger partial charge is 0.322 e. The third-order valence-corrected chi connectivity index (χ3v) is 13.2. The average Bonchev–Trinajstić information content (AvgIpc) is 3.05. The summed E-state index contributed by atoms with van der Waals surface area (Å²) < 4.78 is 0. The zero-order valence-electron chi connectivity index (χ0n) is 49.5. The molecule has 0 aliphatic rings. The maximum Gasteiger partial charge on any atom is 0.322 e. The Bertz CT molecular complexity index is 2590. The lowest BCUT2D eigenvalue weighted by molar-refractivity contribution is -0.139. The van der Waals surface area contributed by atoms with Gasteiger partial charge in [-0.05, 0) is 101 Å². The number of nitrogens with two attached hydrogens (primary N) is 4. The maximum atomic E-state index is 14.5. The molecule has 0 aliphatic heterocycles. The van der Waals surface area contributed by atoms with E-state index in [1.165, 1.54) is 6.92 Å². The third kappa shape index (κ3) is 27.1. The summed E-state index contributed by atoms with van der Waals surface area (Å²) in [7, 11) is 0. The fourth-order valence-corrected chi connectivity index (χ4v) is 8.86. The average molecular weight is 1200 g/mol. The van der Waals surface area contributed by atoms with Crippen LogP contribution in [0.3, 0.4) is 0 Å². The van der Waals surface area contributed by atoms with E-state index in [4.69, 9.17) is 22.9 Å². The summed E-state index contributed by atoms with van der Waals surface area (Å²) in [5.41, 5.74) is 24.1. The molecule has 0 saturated heterocycles. The molecule has 0 spiro atoms. The summed E-state index contributed by atoms with van der Waals surface area (Å²) in [5.74, 6) is -11.8. The van der Waals surface area contributed by atoms with Crippen LogP contribution in [-0.4, -0.2) is 183 Å². The van der Waals surface area contributed by atoms with E-state index in [9.17, 15) is 73.2 Å². The Morgan fingerprint density at radius 2 is 1.02 bits per heavy atom. The molecule has 0 fully saturated rings. The van der Waals surface area contributed by atoms with Crippen molar-refractivity contribution in [1.29, 1.82) is 0 Å². The van der Waals surface area contributed by atoms with Gasteiger partial charge in [0.2, 0.25) is 53.2 Å². The van der Waals surface area contributed by atoms with Crippen LogP contribution in [0.5, 0.6) is 0 Å². The fraction of sp³-hybridized carbons (Fsp3) is 0.636. The van der Waals surface area contributed by atoms with Gasteiger partial charge >= 0.3 is 11.9 Å². The van der Waals surface area contributed by atoms with E-state index in [0.29, 0.717) is 29.3 Å². The number of unbranched alkanes of at least 4 members (excludes halogenated alkanes) is 1. The second-order valence-electron chi connectivity index (χ2n) is 22.2. The first-order chi connectivity index (χ1) is 40.0. The number of aliphatic hydroxyl groups excluding tert-OH is 2. The zero-order valence-corrected chi connectivity index (χ0v) is 49.5. The number of rotatable bonds is 40. The molecule has 0 radical (unpaired) electrons. The number of guanidine groups is 1. The third-order valence-electron chi connectivity index (χ3n) is 13.2. The normalized spacial score (nSPS) is 14.8. The Balaban J connectivity index is 2.50. The van der Waals surface area contributed by atoms with Gasteiger partial charge in [-0.1, -0.05) is 59.7 Å². The summed E-state index contributed by atoms with van der Waals surface area (Å²) in [4.78, 5) is 155. The van der Waals surface area contributed by atoms with Crippen LogP contribution in [0, 0.1) is 17.8 Å². The van der Waals surface area contributed by atoms with Crippen molar-refractivity contribution in [3.8, 4) is 0 Å². The first-order valence-electron chi connectivity index (χ1n) is 28.5. The highest BCUT2D eigenvalue weighted by molar-refractivity contribution is 5.99. The molecular formula is C55H91N15O15. The highest BCUT2D eigenvalue weighted by atomic mass is 16.4. The van der Waals surface area contributed by atoms with Crippen molar-refractivity contribution >= 4 is 82.0 Å². The van der Waals surface area contributed by atoms with Crippen LogP contribution in [0.15, 0.2) is 35.5 Å². The molecule has 1 aromatic carbocycles. The molecule has 10 atom stereocenters. The number of aliphatic carboxylic acids is 2. The molecule has 0 unspecified atom stereocenters. The van der Waals surface area contributed by atoms with E-state index >= 15 is 0 Å². The van der Waals surface area contributed by atoms with Gasteiger partial charge in [-0.2, -0.15) is 0 Å². The number of para-hydroxylation sites is 1. The monoisotopic (exact) mass is 1200 g/mol. The SMILES string of the molecule is CC(C)C[C@H](NC(=O)[C@H](Cc1c[nH]c2ccccc12)NC(=O)[C@H](CCCN=C(N)N)NC(=O)[C@H](CO)NC(=O)[C@H](CCCCN)NC(=O)[C@H](CCC(=O)O)NC(=O)[C@@H](NC(=O)[C@H](CC(C)C)NC(=O)[C@@H](N)CC(C)C)[C@@H](C)O)C(=O)NCC(=O)O. The molecule has 9 amide bonds. The number of fused-ring (bicyclic) bond motifs is 1. The molecule has 0 bridgehead atoms. The van der Waals surface area contributed by atoms with E-state index in [1.54, 1.807) is 58.2 Å². The number of carboxylic acid groups (broad SMARTS) is 2. The summed E-state index contributed by atoms with van der Waals surface area (Å²) >= 11 is 0. The van der Waals surface area contributed by atoms with E-state index < -0.39 is 152 Å². The lowest BCUT2D eigenvalue weighted by Gasteiger charge is -2.29. The van der Waals surface area contributed by atoms with E-state index in [0.717, 1.165) is 0 Å². The first kappa shape index (κ1) is 73.1. The molecule has 22 N–H and O–H groups in total. The first-order valence-corrected chi connectivity index (χ1v) is 28.5. The maximum absolute atomic E-state index is 14.5. The quantitative estimate of drug-likeness (QED) is 0.0176. The van der Waals surface area contributed by atoms with Gasteiger partial charge in [0.15, 0.2) is 5.96 Å². The van der Waals surface area contributed by atoms with Crippen molar-refractivity contribution < 1.29 is 73.2 Å². The number of amides is 9. The van der Waals surface area contributed by atoms with Crippen LogP contribution < -0.4 is 70.8 Å². The van der Waals surface area contributed by atoms with Gasteiger partial charge < -0.3 is 96.2 Å². The number of hydrogen-bond donors (Lipinski definition) is 18. The van der Waals surface area contributed by atoms with Crippen molar-refractivity contribution in [3.05, 3.63) is 36.0 Å². The molecule has 2 rings (SSSR count). The number of aliphatic hydroxyl groups is 2. The topological polar surface area (TPSA) is 509 Å². The van der Waals surface area contributed by atoms with Gasteiger partial charge in [0.1, 0.15) is 54.9 Å². The van der Waals surface area contributed by atoms with Gasteiger partial charge in [0, 0.05) is 36.5 Å². The number of nitrogens with one attached hydrogen (secondary N) is 10. The summed E-state index contributed by atoms with van der Waals surface area (Å²) in [6.07, 6.45) is -0.708. The summed E-state index contributed by atoms with van der Waals surface area (Å²) in [5, 5.41) is 63.1. The molecule has 1 aromatic heterocycles. The Labute approximate surface area is 494 Å². The second kappa shape index (κ2) is 37.4. The van der Waals surface area contributed by atoms with Gasteiger partial charge in [0.25, 0.3) is 0 Å². The van der Waals surface area contributed by atoms with E-state index in [2.05, 4.69) is 57.8 Å². The minimum absolute atomic E-state index is 0.0389. The van der Waals surface area contributed by atoms with Crippen molar-refractivity contribution in [1.82, 2.24) is 52.8 Å². The summed E-state index contributed by atoms with van der Waals surface area (Å²) in [6, 6.07) is -6.14. The van der Waals surface area contributed by atoms with Crippen LogP contribution in [-0.2, 0) is 59.2 Å². The molecule has 476 valence electrons. The number of benzene rings is 1. The van der Waals surface area contributed by atoms with Crippen molar-refractivity contribution in [3.63, 3.8) is 0 Å². The fourth-order valence-electron chi connectivity index (χ4n) is 8.86.